The molecule has 1 amide bonds. The molecule has 1 aliphatic heterocycles. The van der Waals surface area contributed by atoms with Crippen LogP contribution >= 0.6 is 11.3 Å². The van der Waals surface area contributed by atoms with E-state index in [1.54, 1.807) is 6.92 Å². The molecule has 1 aromatic carbocycles. The zero-order valence-corrected chi connectivity index (χ0v) is 19.4. The maximum atomic E-state index is 13.2. The molecule has 0 saturated carbocycles. The molecular weight excluding hydrogens is 455 g/mol. The van der Waals surface area contributed by atoms with Crippen molar-refractivity contribution in [2.24, 2.45) is 5.92 Å². The first-order valence-corrected chi connectivity index (χ1v) is 12.9. The molecule has 4 rings (SSSR count). The number of benzene rings is 1. The van der Waals surface area contributed by atoms with Crippen LogP contribution in [0.4, 0.5) is 9.39 Å². The average molecular weight is 481 g/mol. The van der Waals surface area contributed by atoms with Crippen molar-refractivity contribution < 1.29 is 27.1 Å². The van der Waals surface area contributed by atoms with Crippen molar-refractivity contribution in [2.45, 2.75) is 43.9 Å². The van der Waals surface area contributed by atoms with Crippen LogP contribution in [0.15, 0.2) is 29.2 Å². The predicted molar refractivity (Wildman–Crippen MR) is 119 cm³/mol. The number of nitrogens with zero attached hydrogens (tertiary/aromatic N) is 1. The Balaban J connectivity index is 1.51. The highest BCUT2D eigenvalue weighted by Crippen LogP contribution is 2.40. The number of aryl methyl sites for hydroxylation is 1. The molecule has 1 aromatic heterocycles. The molecule has 0 spiro atoms. The molecule has 1 aliphatic carbocycles. The summed E-state index contributed by atoms with van der Waals surface area (Å²) in [7, 11) is -3.83. The Bertz CT molecular complexity index is 1130. The molecule has 0 bridgehead atoms. The van der Waals surface area contributed by atoms with Crippen molar-refractivity contribution in [3.05, 3.63) is 46.1 Å². The highest BCUT2D eigenvalue weighted by atomic mass is 32.2. The number of amides is 1. The number of hydrogen-bond donors (Lipinski definition) is 1. The van der Waals surface area contributed by atoms with Crippen molar-refractivity contribution >= 4 is 38.2 Å². The van der Waals surface area contributed by atoms with Crippen LogP contribution in [0.1, 0.15) is 47.0 Å². The summed E-state index contributed by atoms with van der Waals surface area (Å²) < 4.78 is 45.6. The number of esters is 1. The fourth-order valence-electron chi connectivity index (χ4n) is 4.26. The van der Waals surface area contributed by atoms with Crippen LogP contribution in [-0.4, -0.2) is 44.3 Å². The number of carbonyl (C=O) groups excluding carboxylic acids is 2. The SMILES string of the molecule is CCOC(=O)c1c(NC(=O)[C@@H]2CCCN(S(=O)(=O)c3ccc(F)cc3)C2)sc2c1CCC2. The Morgan fingerprint density at radius 1 is 1.22 bits per heavy atom. The summed E-state index contributed by atoms with van der Waals surface area (Å²) in [5.41, 5.74) is 1.39. The molecule has 0 radical (unpaired) electrons. The number of carbonyl (C=O) groups is 2. The Morgan fingerprint density at radius 3 is 2.69 bits per heavy atom. The third kappa shape index (κ3) is 4.44. The maximum absolute atomic E-state index is 13.2. The van der Waals surface area contributed by atoms with Gasteiger partial charge in [-0.2, -0.15) is 4.31 Å². The second-order valence-corrected chi connectivity index (χ2v) is 11.0. The minimum atomic E-state index is -3.83. The molecule has 2 aromatic rings. The number of ether oxygens (including phenoxy) is 1. The van der Waals surface area contributed by atoms with Gasteiger partial charge in [0.1, 0.15) is 10.8 Å². The molecule has 10 heteroatoms. The lowest BCUT2D eigenvalue weighted by Crippen LogP contribution is -2.43. The summed E-state index contributed by atoms with van der Waals surface area (Å²) in [6, 6.07) is 4.67. The molecule has 7 nitrogen and oxygen atoms in total. The third-order valence-electron chi connectivity index (χ3n) is 5.84. The van der Waals surface area contributed by atoms with Gasteiger partial charge in [0.25, 0.3) is 0 Å². The van der Waals surface area contributed by atoms with Gasteiger partial charge in [0.2, 0.25) is 15.9 Å². The lowest BCUT2D eigenvalue weighted by molar-refractivity contribution is -0.120. The molecule has 32 heavy (non-hydrogen) atoms. The van der Waals surface area contributed by atoms with Crippen LogP contribution in [0.25, 0.3) is 0 Å². The van der Waals surface area contributed by atoms with E-state index < -0.39 is 27.7 Å². The van der Waals surface area contributed by atoms with Crippen molar-refractivity contribution in [3.63, 3.8) is 0 Å². The number of sulfonamides is 1. The monoisotopic (exact) mass is 480 g/mol. The smallest absolute Gasteiger partial charge is 0.341 e. The van der Waals surface area contributed by atoms with E-state index in [0.717, 1.165) is 41.8 Å². The van der Waals surface area contributed by atoms with E-state index in [-0.39, 0.29) is 24.0 Å². The second-order valence-electron chi connectivity index (χ2n) is 7.93. The van der Waals surface area contributed by atoms with E-state index in [9.17, 15) is 22.4 Å². The zero-order chi connectivity index (χ0) is 22.9. The summed E-state index contributed by atoms with van der Waals surface area (Å²) in [5.74, 6) is -1.81. The lowest BCUT2D eigenvalue weighted by atomic mass is 9.99. The van der Waals surface area contributed by atoms with Gasteiger partial charge < -0.3 is 10.1 Å². The van der Waals surface area contributed by atoms with E-state index in [1.807, 2.05) is 0 Å². The number of thiophene rings is 1. The Kier molecular flexibility index (Phi) is 6.64. The first-order chi connectivity index (χ1) is 15.3. The molecule has 2 heterocycles. The minimum Gasteiger partial charge on any atom is -0.462 e. The van der Waals surface area contributed by atoms with Crippen LogP contribution in [0, 0.1) is 11.7 Å². The van der Waals surface area contributed by atoms with Gasteiger partial charge in [-0.15, -0.1) is 11.3 Å². The molecule has 0 unspecified atom stereocenters. The largest absolute Gasteiger partial charge is 0.462 e. The van der Waals surface area contributed by atoms with E-state index >= 15 is 0 Å². The zero-order valence-electron chi connectivity index (χ0n) is 17.7. The highest BCUT2D eigenvalue weighted by Gasteiger charge is 2.35. The summed E-state index contributed by atoms with van der Waals surface area (Å²) >= 11 is 1.40. The van der Waals surface area contributed by atoms with Crippen LogP contribution < -0.4 is 5.32 Å². The molecule has 1 N–H and O–H groups in total. The van der Waals surface area contributed by atoms with Crippen LogP contribution in [-0.2, 0) is 32.4 Å². The van der Waals surface area contributed by atoms with Gasteiger partial charge in [-0.05, 0) is 68.9 Å². The van der Waals surface area contributed by atoms with Crippen LogP contribution in [0.3, 0.4) is 0 Å². The number of halogens is 1. The van der Waals surface area contributed by atoms with E-state index in [2.05, 4.69) is 5.32 Å². The molecular formula is C22H25FN2O5S2. The van der Waals surface area contributed by atoms with E-state index in [1.165, 1.54) is 27.8 Å². The van der Waals surface area contributed by atoms with Gasteiger partial charge in [-0.25, -0.2) is 17.6 Å². The standard InChI is InChI=1S/C22H25FN2O5S2/c1-2-30-22(27)19-17-6-3-7-18(17)31-21(19)24-20(26)14-5-4-12-25(13-14)32(28,29)16-10-8-15(23)9-11-16/h8-11,14H,2-7,12-13H2,1H3,(H,24,26)/t14-/m1/s1. The van der Waals surface area contributed by atoms with Gasteiger partial charge in [0, 0.05) is 18.0 Å². The number of fused-ring (bicyclic) bond motifs is 1. The highest BCUT2D eigenvalue weighted by molar-refractivity contribution is 7.89. The Labute approximate surface area is 190 Å². The summed E-state index contributed by atoms with van der Waals surface area (Å²) in [4.78, 5) is 26.7. The molecule has 172 valence electrons. The van der Waals surface area contributed by atoms with E-state index in [0.29, 0.717) is 30.0 Å². The summed E-state index contributed by atoms with van der Waals surface area (Å²) in [6.45, 7) is 2.31. The molecule has 1 atom stereocenters. The van der Waals surface area contributed by atoms with Crippen molar-refractivity contribution in [2.75, 3.05) is 25.0 Å². The third-order valence-corrected chi connectivity index (χ3v) is 8.93. The van der Waals surface area contributed by atoms with E-state index in [4.69, 9.17) is 4.74 Å². The minimum absolute atomic E-state index is 0.000706. The number of anilines is 1. The van der Waals surface area contributed by atoms with Crippen LogP contribution in [0.5, 0.6) is 0 Å². The second kappa shape index (κ2) is 9.29. The van der Waals surface area contributed by atoms with Gasteiger partial charge in [0.05, 0.1) is 23.0 Å². The van der Waals surface area contributed by atoms with Crippen LogP contribution in [0.2, 0.25) is 0 Å². The fourth-order valence-corrected chi connectivity index (χ4v) is 7.06. The maximum Gasteiger partial charge on any atom is 0.341 e. The molecule has 2 aliphatic rings. The number of piperidine rings is 1. The van der Waals surface area contributed by atoms with Gasteiger partial charge in [-0.3, -0.25) is 4.79 Å². The molecule has 1 saturated heterocycles. The number of rotatable bonds is 6. The van der Waals surface area contributed by atoms with Crippen molar-refractivity contribution in [3.8, 4) is 0 Å². The summed E-state index contributed by atoms with van der Waals surface area (Å²) in [6.07, 6.45) is 3.70. The normalized spacial score (nSPS) is 18.9. The Morgan fingerprint density at radius 2 is 1.97 bits per heavy atom. The number of hydrogen-bond acceptors (Lipinski definition) is 6. The van der Waals surface area contributed by atoms with Crippen molar-refractivity contribution in [1.29, 1.82) is 0 Å². The lowest BCUT2D eigenvalue weighted by Gasteiger charge is -2.31. The first-order valence-electron chi connectivity index (χ1n) is 10.7. The predicted octanol–water partition coefficient (Wildman–Crippen LogP) is 3.59. The van der Waals surface area contributed by atoms with Gasteiger partial charge in [-0.1, -0.05) is 0 Å². The first kappa shape index (κ1) is 22.9. The topological polar surface area (TPSA) is 92.8 Å². The Hall–Kier alpha value is -2.30. The average Bonchev–Trinajstić information content (AvgIpc) is 3.35. The van der Waals surface area contributed by atoms with Crippen molar-refractivity contribution in [1.82, 2.24) is 4.31 Å². The fraction of sp³-hybridized carbons (Fsp3) is 0.455. The van der Waals surface area contributed by atoms with Gasteiger partial charge in [0.15, 0.2) is 0 Å². The molecule has 1 fully saturated rings. The van der Waals surface area contributed by atoms with Gasteiger partial charge >= 0.3 is 5.97 Å². The summed E-state index contributed by atoms with van der Waals surface area (Å²) in [5, 5.41) is 3.36. The quantitative estimate of drug-likeness (QED) is 0.638. The number of nitrogens with one attached hydrogen (secondary N) is 1.